The van der Waals surface area contributed by atoms with Gasteiger partial charge in [-0.15, -0.1) is 0 Å². The summed E-state index contributed by atoms with van der Waals surface area (Å²) < 4.78 is 11.4. The van der Waals surface area contributed by atoms with Crippen molar-refractivity contribution < 1.29 is 48.8 Å². The molecule has 0 aliphatic rings. The standard InChI is InChI=1S/C29H36O10/c1-5-25(30)27(32)38-36-19-7-17-34-23-13-9-21(10-14-23)29(3,4)22-11-15-24(16-12-22)35-18-8-20-37-39-28(33)26(31)6-2/h5-6,9-16,30-31H,7-8,17-20H2,1-4H3. The normalized spacial score (nSPS) is 12.1. The summed E-state index contributed by atoms with van der Waals surface area (Å²) in [6.45, 7) is 8.30. The zero-order chi connectivity index (χ0) is 28.7. The maximum absolute atomic E-state index is 11.2. The summed E-state index contributed by atoms with van der Waals surface area (Å²) >= 11 is 0. The van der Waals surface area contributed by atoms with Crippen LogP contribution in [0.5, 0.6) is 11.5 Å². The molecule has 2 N–H and O–H groups in total. The lowest BCUT2D eigenvalue weighted by molar-refractivity contribution is -0.271. The van der Waals surface area contributed by atoms with Gasteiger partial charge in [-0.3, -0.25) is 9.78 Å². The van der Waals surface area contributed by atoms with E-state index in [1.165, 1.54) is 26.0 Å². The van der Waals surface area contributed by atoms with Gasteiger partial charge in [-0.25, -0.2) is 9.59 Å². The van der Waals surface area contributed by atoms with Crippen molar-refractivity contribution in [1.29, 1.82) is 0 Å². The van der Waals surface area contributed by atoms with E-state index in [1.807, 2.05) is 48.5 Å². The Labute approximate surface area is 228 Å². The minimum Gasteiger partial charge on any atom is -0.502 e. The number of rotatable bonds is 16. The van der Waals surface area contributed by atoms with Crippen molar-refractivity contribution in [2.45, 2.75) is 46.0 Å². The van der Waals surface area contributed by atoms with Gasteiger partial charge in [0.2, 0.25) is 11.5 Å². The fraction of sp³-hybridized carbons (Fsp3) is 0.379. The number of hydrogen-bond acceptors (Lipinski definition) is 10. The first-order valence-electron chi connectivity index (χ1n) is 12.5. The highest BCUT2D eigenvalue weighted by Crippen LogP contribution is 2.33. The zero-order valence-electron chi connectivity index (χ0n) is 22.7. The lowest BCUT2D eigenvalue weighted by Crippen LogP contribution is -2.18. The van der Waals surface area contributed by atoms with Crippen LogP contribution in [0.2, 0.25) is 0 Å². The lowest BCUT2D eigenvalue weighted by atomic mass is 9.78. The Balaban J connectivity index is 1.74. The van der Waals surface area contributed by atoms with Gasteiger partial charge < -0.3 is 19.7 Å². The molecule has 0 aliphatic carbocycles. The molecule has 0 unspecified atom stereocenters. The van der Waals surface area contributed by atoms with E-state index in [0.717, 1.165) is 11.1 Å². The number of aliphatic hydroxyl groups excluding tert-OH is 2. The predicted octanol–water partition coefficient (Wildman–Crippen LogP) is 5.42. The molecule has 2 aromatic carbocycles. The van der Waals surface area contributed by atoms with Gasteiger partial charge in [0.25, 0.3) is 0 Å². The van der Waals surface area contributed by atoms with Crippen LogP contribution in [0.15, 0.2) is 72.2 Å². The summed E-state index contributed by atoms with van der Waals surface area (Å²) in [5.74, 6) is -1.47. The second-order valence-corrected chi connectivity index (χ2v) is 8.81. The largest absolute Gasteiger partial charge is 0.502 e. The van der Waals surface area contributed by atoms with Crippen LogP contribution < -0.4 is 9.47 Å². The molecule has 10 nitrogen and oxygen atoms in total. The smallest absolute Gasteiger partial charge is 0.406 e. The molecule has 0 saturated heterocycles. The van der Waals surface area contributed by atoms with Crippen molar-refractivity contribution in [3.05, 3.63) is 83.3 Å². The molecule has 39 heavy (non-hydrogen) atoms. The second kappa shape index (κ2) is 16.1. The molecule has 10 heteroatoms. The number of hydrogen-bond donors (Lipinski definition) is 2. The van der Waals surface area contributed by atoms with Crippen LogP contribution in [-0.4, -0.2) is 48.6 Å². The lowest BCUT2D eigenvalue weighted by Gasteiger charge is -2.26. The summed E-state index contributed by atoms with van der Waals surface area (Å²) in [5.41, 5.74) is 1.96. The summed E-state index contributed by atoms with van der Waals surface area (Å²) in [4.78, 5) is 40.9. The number of allylic oxidation sites excluding steroid dienone is 2. The fourth-order valence-corrected chi connectivity index (χ4v) is 3.23. The fourth-order valence-electron chi connectivity index (χ4n) is 3.23. The molecule has 0 fully saturated rings. The number of carbonyl (C=O) groups excluding carboxylic acids is 2. The van der Waals surface area contributed by atoms with Gasteiger partial charge in [0.1, 0.15) is 11.5 Å². The summed E-state index contributed by atoms with van der Waals surface area (Å²) in [7, 11) is 0. The molecule has 0 amide bonds. The Morgan fingerprint density at radius 1 is 0.667 bits per heavy atom. The summed E-state index contributed by atoms with van der Waals surface area (Å²) in [6.07, 6.45) is 3.42. The van der Waals surface area contributed by atoms with Crippen molar-refractivity contribution in [2.24, 2.45) is 0 Å². The quantitative estimate of drug-likeness (QED) is 0.0928. The zero-order valence-corrected chi connectivity index (χ0v) is 22.7. The molecule has 2 rings (SSSR count). The first kappa shape index (κ1) is 31.2. The van der Waals surface area contributed by atoms with Crippen LogP contribution in [0.1, 0.15) is 51.7 Å². The molecule has 2 aromatic rings. The molecular formula is C29H36O10. The van der Waals surface area contributed by atoms with Crippen LogP contribution in [-0.2, 0) is 34.6 Å². The van der Waals surface area contributed by atoms with Crippen LogP contribution >= 0.6 is 0 Å². The van der Waals surface area contributed by atoms with Crippen molar-refractivity contribution in [1.82, 2.24) is 0 Å². The highest BCUT2D eigenvalue weighted by molar-refractivity contribution is 5.85. The highest BCUT2D eigenvalue weighted by Gasteiger charge is 2.23. The van der Waals surface area contributed by atoms with Crippen LogP contribution in [0.4, 0.5) is 0 Å². The first-order valence-corrected chi connectivity index (χ1v) is 12.5. The molecule has 0 bridgehead atoms. The molecule has 0 atom stereocenters. The minimum atomic E-state index is -0.936. The van der Waals surface area contributed by atoms with E-state index in [9.17, 15) is 19.8 Å². The Bertz CT molecular complexity index is 1010. The van der Waals surface area contributed by atoms with Crippen molar-refractivity contribution >= 4 is 11.9 Å². The molecule has 212 valence electrons. The average Bonchev–Trinajstić information content (AvgIpc) is 2.95. The van der Waals surface area contributed by atoms with Crippen molar-refractivity contribution in [3.63, 3.8) is 0 Å². The maximum Gasteiger partial charge on any atom is 0.406 e. The van der Waals surface area contributed by atoms with E-state index < -0.39 is 23.5 Å². The van der Waals surface area contributed by atoms with E-state index in [0.29, 0.717) is 37.6 Å². The van der Waals surface area contributed by atoms with Gasteiger partial charge in [-0.05, 0) is 61.4 Å². The minimum absolute atomic E-state index is 0.138. The van der Waals surface area contributed by atoms with Crippen LogP contribution in [0.25, 0.3) is 0 Å². The van der Waals surface area contributed by atoms with Gasteiger partial charge in [0.15, 0.2) is 0 Å². The van der Waals surface area contributed by atoms with Gasteiger partial charge in [-0.2, -0.15) is 9.78 Å². The maximum atomic E-state index is 11.2. The van der Waals surface area contributed by atoms with Gasteiger partial charge in [0, 0.05) is 18.3 Å². The Morgan fingerprint density at radius 3 is 1.36 bits per heavy atom. The molecule has 0 saturated carbocycles. The summed E-state index contributed by atoms with van der Waals surface area (Å²) in [6, 6.07) is 15.7. The molecular weight excluding hydrogens is 508 g/mol. The third-order valence-corrected chi connectivity index (χ3v) is 5.67. The SMILES string of the molecule is CC=C(O)C(=O)OOCCCOc1ccc(C(C)(C)c2ccc(OCCCOOC(=O)C(O)=CC)cc2)cc1. The van der Waals surface area contributed by atoms with Crippen LogP contribution in [0.3, 0.4) is 0 Å². The Morgan fingerprint density at radius 2 is 1.03 bits per heavy atom. The monoisotopic (exact) mass is 544 g/mol. The topological polar surface area (TPSA) is 130 Å². The Hall–Kier alpha value is -4.02. The number of ether oxygens (including phenoxy) is 2. The second-order valence-electron chi connectivity index (χ2n) is 8.81. The third kappa shape index (κ3) is 10.3. The number of benzene rings is 2. The van der Waals surface area contributed by atoms with Crippen LogP contribution in [0, 0.1) is 0 Å². The van der Waals surface area contributed by atoms with Gasteiger partial charge >= 0.3 is 11.9 Å². The van der Waals surface area contributed by atoms with Gasteiger partial charge in [-0.1, -0.05) is 38.1 Å². The molecule has 0 heterocycles. The summed E-state index contributed by atoms with van der Waals surface area (Å²) in [5, 5.41) is 18.4. The van der Waals surface area contributed by atoms with E-state index >= 15 is 0 Å². The first-order chi connectivity index (χ1) is 18.7. The van der Waals surface area contributed by atoms with E-state index in [2.05, 4.69) is 23.6 Å². The van der Waals surface area contributed by atoms with E-state index in [1.54, 1.807) is 0 Å². The molecule has 0 radical (unpaired) electrons. The van der Waals surface area contributed by atoms with Gasteiger partial charge in [0.05, 0.1) is 26.4 Å². The van der Waals surface area contributed by atoms with E-state index in [-0.39, 0.29) is 18.6 Å². The predicted molar refractivity (Wildman–Crippen MR) is 142 cm³/mol. The third-order valence-electron chi connectivity index (χ3n) is 5.67. The molecule has 0 aromatic heterocycles. The average molecular weight is 545 g/mol. The Kier molecular flexibility index (Phi) is 12.8. The van der Waals surface area contributed by atoms with Crippen molar-refractivity contribution in [2.75, 3.05) is 26.4 Å². The molecule has 0 spiro atoms. The van der Waals surface area contributed by atoms with Crippen molar-refractivity contribution in [3.8, 4) is 11.5 Å². The number of aliphatic hydroxyl groups is 2. The number of carbonyl (C=O) groups is 2. The van der Waals surface area contributed by atoms with E-state index in [4.69, 9.17) is 19.2 Å². The highest BCUT2D eigenvalue weighted by atomic mass is 17.2. The molecule has 0 aliphatic heterocycles.